The van der Waals surface area contributed by atoms with Crippen LogP contribution < -0.4 is 0 Å². The van der Waals surface area contributed by atoms with E-state index in [-0.39, 0.29) is 5.97 Å². The first kappa shape index (κ1) is 27.5. The molecular weight excluding hydrogens is 526 g/mol. The van der Waals surface area contributed by atoms with E-state index in [1.54, 1.807) is 0 Å². The molecule has 1 N–H and O–H groups in total. The average Bonchev–Trinajstić information content (AvgIpc) is 3.69. The molecule has 1 aliphatic heterocycles. The van der Waals surface area contributed by atoms with Gasteiger partial charge in [0.15, 0.2) is 11.4 Å². The normalized spacial score (nSPS) is 16.7. The molecule has 9 nitrogen and oxygen atoms in total. The zero-order valence-electron chi connectivity index (χ0n) is 24.2. The number of ether oxygens (including phenoxy) is 1. The van der Waals surface area contributed by atoms with Crippen LogP contribution in [-0.4, -0.2) is 54.2 Å². The van der Waals surface area contributed by atoms with E-state index in [2.05, 4.69) is 79.5 Å². The van der Waals surface area contributed by atoms with Gasteiger partial charge >= 0.3 is 5.97 Å². The Kier molecular flexibility index (Phi) is 7.67. The van der Waals surface area contributed by atoms with Crippen LogP contribution in [0.25, 0.3) is 28.2 Å². The van der Waals surface area contributed by atoms with Crippen molar-refractivity contribution in [2.24, 2.45) is 0 Å². The number of nitrogens with zero attached hydrogens (tertiary/aromatic N) is 6. The van der Waals surface area contributed by atoms with Crippen molar-refractivity contribution in [2.75, 3.05) is 13.2 Å². The van der Waals surface area contributed by atoms with Crippen LogP contribution in [0.15, 0.2) is 78.9 Å². The zero-order chi connectivity index (χ0) is 29.1. The lowest BCUT2D eigenvalue weighted by molar-refractivity contribution is -0.159. The summed E-state index contributed by atoms with van der Waals surface area (Å²) in [5, 5.41) is 14.5. The summed E-state index contributed by atoms with van der Waals surface area (Å²) in [5.74, 6) is 1.32. The molecule has 42 heavy (non-hydrogen) atoms. The quantitative estimate of drug-likeness (QED) is 0.237. The van der Waals surface area contributed by atoms with Gasteiger partial charge in [0.2, 0.25) is 0 Å². The smallest absolute Gasteiger partial charge is 0.332 e. The van der Waals surface area contributed by atoms with Crippen LogP contribution in [0.4, 0.5) is 0 Å². The fraction of sp³-hybridized carbons (Fsp3) is 0.303. The van der Waals surface area contributed by atoms with Crippen LogP contribution in [0, 0.1) is 0 Å². The third-order valence-corrected chi connectivity index (χ3v) is 8.06. The van der Waals surface area contributed by atoms with Crippen molar-refractivity contribution in [1.29, 1.82) is 0 Å². The van der Waals surface area contributed by atoms with Gasteiger partial charge in [-0.3, -0.25) is 9.47 Å². The van der Waals surface area contributed by atoms with Crippen molar-refractivity contribution in [3.8, 4) is 28.2 Å². The average molecular weight is 562 g/mol. The largest absolute Gasteiger partial charge is 0.464 e. The zero-order valence-corrected chi connectivity index (χ0v) is 24.2. The van der Waals surface area contributed by atoms with E-state index in [1.165, 1.54) is 0 Å². The maximum atomic E-state index is 13.9. The molecule has 214 valence electrons. The first-order chi connectivity index (χ1) is 20.5. The van der Waals surface area contributed by atoms with Crippen LogP contribution >= 0.6 is 0 Å². The fourth-order valence-electron chi connectivity index (χ4n) is 6.02. The summed E-state index contributed by atoms with van der Waals surface area (Å²) in [4.78, 5) is 21.3. The minimum Gasteiger partial charge on any atom is -0.464 e. The van der Waals surface area contributed by atoms with Crippen LogP contribution in [0.1, 0.15) is 50.0 Å². The number of imidazole rings is 1. The number of fused-ring (bicyclic) bond motifs is 1. The summed E-state index contributed by atoms with van der Waals surface area (Å²) in [5.41, 5.74) is 5.95. The number of aromatic amines is 1. The first-order valence-electron chi connectivity index (χ1n) is 14.6. The Balaban J connectivity index is 1.46. The van der Waals surface area contributed by atoms with Crippen LogP contribution in [0.2, 0.25) is 0 Å². The number of benzene rings is 3. The summed E-state index contributed by atoms with van der Waals surface area (Å²) in [6.07, 6.45) is 2.50. The molecule has 0 spiro atoms. The third kappa shape index (κ3) is 4.90. The van der Waals surface area contributed by atoms with Gasteiger partial charge in [0.1, 0.15) is 5.82 Å². The van der Waals surface area contributed by atoms with Gasteiger partial charge in [-0.2, -0.15) is 0 Å². The lowest BCUT2D eigenvalue weighted by Crippen LogP contribution is -2.55. The van der Waals surface area contributed by atoms with E-state index in [0.717, 1.165) is 64.4 Å². The van der Waals surface area contributed by atoms with Crippen molar-refractivity contribution in [2.45, 2.75) is 52.1 Å². The van der Waals surface area contributed by atoms with E-state index in [9.17, 15) is 4.79 Å². The molecule has 5 aromatic rings. The van der Waals surface area contributed by atoms with Crippen LogP contribution in [0.3, 0.4) is 0 Å². The van der Waals surface area contributed by atoms with Gasteiger partial charge in [0.25, 0.3) is 0 Å². The first-order valence-corrected chi connectivity index (χ1v) is 14.6. The van der Waals surface area contributed by atoms with Gasteiger partial charge in [-0.1, -0.05) is 73.7 Å². The number of hydrogen-bond acceptors (Lipinski definition) is 7. The highest BCUT2D eigenvalue weighted by atomic mass is 16.5. The topological polar surface area (TPSA) is 102 Å². The predicted octanol–water partition coefficient (Wildman–Crippen LogP) is 5.51. The Morgan fingerprint density at radius 3 is 2.40 bits per heavy atom. The molecule has 2 aromatic heterocycles. The molecule has 1 aliphatic rings. The molecule has 1 atom stereocenters. The van der Waals surface area contributed by atoms with E-state index in [0.29, 0.717) is 25.5 Å². The molecule has 6 rings (SSSR count). The van der Waals surface area contributed by atoms with E-state index in [1.807, 2.05) is 50.2 Å². The molecule has 1 unspecified atom stereocenters. The number of esters is 1. The molecule has 0 aliphatic carbocycles. The molecule has 3 heterocycles. The number of tetrazole rings is 1. The summed E-state index contributed by atoms with van der Waals surface area (Å²) in [7, 11) is 0. The second-order valence-electron chi connectivity index (χ2n) is 10.7. The van der Waals surface area contributed by atoms with E-state index < -0.39 is 5.54 Å². The van der Waals surface area contributed by atoms with E-state index in [4.69, 9.17) is 9.72 Å². The Bertz CT molecular complexity index is 1660. The number of carbonyl (C=O) groups excluding carboxylic acids is 1. The second kappa shape index (κ2) is 11.7. The molecule has 0 saturated carbocycles. The van der Waals surface area contributed by atoms with Crippen molar-refractivity contribution < 1.29 is 9.53 Å². The fourth-order valence-corrected chi connectivity index (χ4v) is 6.02. The number of hydrogen-bond donors (Lipinski definition) is 1. The maximum Gasteiger partial charge on any atom is 0.332 e. The summed E-state index contributed by atoms with van der Waals surface area (Å²) in [6, 6.07) is 26.8. The van der Waals surface area contributed by atoms with Gasteiger partial charge in [0.05, 0.1) is 18.0 Å². The molecule has 3 aromatic carbocycles. The Labute approximate surface area is 245 Å². The number of nitrogens with one attached hydrogen (secondary N) is 1. The SMILES string of the molecule is CCCc1nc2c(n1-c1ccc(-c3ccccc3-c3nnn[nH]3)cc1)C(C)(C(=O)OCC)N(Cc1ccccc1)CC2. The molecule has 0 fully saturated rings. The van der Waals surface area contributed by atoms with Crippen molar-refractivity contribution in [3.05, 3.63) is 102 Å². The number of H-pyrrole nitrogens is 1. The number of aromatic nitrogens is 6. The monoisotopic (exact) mass is 561 g/mol. The lowest BCUT2D eigenvalue weighted by Gasteiger charge is -2.43. The number of rotatable bonds is 9. The van der Waals surface area contributed by atoms with Gasteiger partial charge in [-0.25, -0.2) is 14.9 Å². The molecule has 0 radical (unpaired) electrons. The standard InChI is InChI=1S/C33H35N7O2/c1-4-11-29-34-28-20-21-39(22-23-12-7-6-8-13-23)33(3,32(41)42-5-2)30(28)40(29)25-18-16-24(17-19-25)26-14-9-10-15-27(26)31-35-37-38-36-31/h6-10,12-19H,4-5,11,20-22H2,1-3H3,(H,35,36,37,38). The van der Waals surface area contributed by atoms with Crippen LogP contribution in [-0.2, 0) is 34.5 Å². The highest BCUT2D eigenvalue weighted by molar-refractivity contribution is 5.83. The highest BCUT2D eigenvalue weighted by Crippen LogP contribution is 2.40. The molecular formula is C33H35N7O2. The van der Waals surface area contributed by atoms with Gasteiger partial charge in [-0.05, 0) is 59.5 Å². The number of aryl methyl sites for hydroxylation is 1. The van der Waals surface area contributed by atoms with Gasteiger partial charge < -0.3 is 4.74 Å². The lowest BCUT2D eigenvalue weighted by atomic mass is 9.87. The predicted molar refractivity (Wildman–Crippen MR) is 161 cm³/mol. The minimum absolute atomic E-state index is 0.253. The Morgan fingerprint density at radius 1 is 0.976 bits per heavy atom. The molecule has 9 heteroatoms. The molecule has 0 amide bonds. The third-order valence-electron chi connectivity index (χ3n) is 8.06. The Hall–Kier alpha value is -4.63. The molecule has 0 saturated heterocycles. The summed E-state index contributed by atoms with van der Waals surface area (Å²) >= 11 is 0. The molecule has 0 bridgehead atoms. The van der Waals surface area contributed by atoms with Gasteiger partial charge in [0, 0.05) is 37.2 Å². The van der Waals surface area contributed by atoms with Crippen LogP contribution in [0.5, 0.6) is 0 Å². The van der Waals surface area contributed by atoms with Gasteiger partial charge in [-0.15, -0.1) is 5.10 Å². The van der Waals surface area contributed by atoms with Crippen molar-refractivity contribution in [3.63, 3.8) is 0 Å². The summed E-state index contributed by atoms with van der Waals surface area (Å²) in [6.45, 7) is 7.67. The highest BCUT2D eigenvalue weighted by Gasteiger charge is 2.50. The van der Waals surface area contributed by atoms with Crippen molar-refractivity contribution >= 4 is 5.97 Å². The minimum atomic E-state index is -1.01. The Morgan fingerprint density at radius 2 is 1.71 bits per heavy atom. The summed E-state index contributed by atoms with van der Waals surface area (Å²) < 4.78 is 7.95. The van der Waals surface area contributed by atoms with Crippen molar-refractivity contribution in [1.82, 2.24) is 35.1 Å². The second-order valence-corrected chi connectivity index (χ2v) is 10.7. The maximum absolute atomic E-state index is 13.9. The van der Waals surface area contributed by atoms with E-state index >= 15 is 0 Å². The number of carbonyl (C=O) groups is 1.